The van der Waals surface area contributed by atoms with Gasteiger partial charge in [0, 0.05) is 25.9 Å². The number of carboxylic acid groups (broad SMARTS) is 1. The van der Waals surface area contributed by atoms with Crippen LogP contribution in [-0.2, 0) is 9.59 Å². The highest BCUT2D eigenvalue weighted by Gasteiger charge is 2.31. The molecule has 0 bridgehead atoms. The molecule has 17 heavy (non-hydrogen) atoms. The van der Waals surface area contributed by atoms with Gasteiger partial charge in [-0.3, -0.25) is 9.59 Å². The molecule has 0 spiro atoms. The van der Waals surface area contributed by atoms with Gasteiger partial charge in [0.25, 0.3) is 0 Å². The number of carbonyl (C=O) groups is 2. The number of hydrogen-bond acceptors (Lipinski definition) is 2. The van der Waals surface area contributed by atoms with Crippen LogP contribution in [0.5, 0.6) is 0 Å². The number of piperidine rings is 1. The Morgan fingerprint density at radius 3 is 2.65 bits per heavy atom. The van der Waals surface area contributed by atoms with Crippen molar-refractivity contribution in [2.24, 2.45) is 5.92 Å². The van der Waals surface area contributed by atoms with E-state index >= 15 is 0 Å². The fraction of sp³-hybridized carbons (Fsp3) is 0.800. The van der Waals surface area contributed by atoms with E-state index in [4.69, 9.17) is 5.11 Å². The number of nitrogens with zero attached hydrogens (tertiary/aromatic N) is 1. The Bertz CT molecular complexity index is 304. The van der Waals surface area contributed by atoms with Gasteiger partial charge in [0.2, 0.25) is 5.91 Å². The van der Waals surface area contributed by atoms with Crippen molar-refractivity contribution < 1.29 is 27.9 Å². The average molecular weight is 253 g/mol. The number of carboxylic acids is 1. The molecule has 0 aliphatic carbocycles. The van der Waals surface area contributed by atoms with Crippen LogP contribution in [0.3, 0.4) is 0 Å². The molecule has 4 nitrogen and oxygen atoms in total. The summed E-state index contributed by atoms with van der Waals surface area (Å²) in [5.41, 5.74) is 0. The molecule has 0 aromatic heterocycles. The van der Waals surface area contributed by atoms with Gasteiger partial charge >= 0.3 is 12.1 Å². The quantitative estimate of drug-likeness (QED) is 0.828. The van der Waals surface area contributed by atoms with E-state index in [1.807, 2.05) is 0 Å². The maximum atomic E-state index is 11.9. The first kappa shape index (κ1) is 13.8. The maximum absolute atomic E-state index is 11.9. The fourth-order valence-corrected chi connectivity index (χ4v) is 1.80. The molecule has 1 atom stereocenters. The Morgan fingerprint density at radius 2 is 2.12 bits per heavy atom. The van der Waals surface area contributed by atoms with E-state index in [2.05, 4.69) is 0 Å². The standard InChI is InChI=1S/C10H14F3NO3/c11-10(12,13)4-1-5-14-6-7(9(16)17)2-3-8(14)15/h7H,1-6H2,(H,16,17). The van der Waals surface area contributed by atoms with Crippen molar-refractivity contribution in [3.05, 3.63) is 0 Å². The number of alkyl halides is 3. The Morgan fingerprint density at radius 1 is 1.47 bits per heavy atom. The number of hydrogen-bond donors (Lipinski definition) is 1. The topological polar surface area (TPSA) is 57.6 Å². The zero-order valence-electron chi connectivity index (χ0n) is 9.16. The van der Waals surface area contributed by atoms with Crippen molar-refractivity contribution in [3.63, 3.8) is 0 Å². The van der Waals surface area contributed by atoms with E-state index in [1.165, 1.54) is 4.90 Å². The van der Waals surface area contributed by atoms with Crippen LogP contribution in [0.25, 0.3) is 0 Å². The smallest absolute Gasteiger partial charge is 0.389 e. The molecule has 1 heterocycles. The van der Waals surface area contributed by atoms with Crippen LogP contribution in [0.4, 0.5) is 13.2 Å². The molecule has 1 saturated heterocycles. The van der Waals surface area contributed by atoms with E-state index in [0.29, 0.717) is 0 Å². The minimum absolute atomic E-state index is 0.0199. The van der Waals surface area contributed by atoms with Gasteiger partial charge in [-0.1, -0.05) is 0 Å². The number of carbonyl (C=O) groups excluding carboxylic acids is 1. The Kier molecular flexibility index (Phi) is 4.36. The third-order valence-electron chi connectivity index (χ3n) is 2.74. The molecule has 1 unspecified atom stereocenters. The lowest BCUT2D eigenvalue weighted by molar-refractivity contribution is -0.149. The highest BCUT2D eigenvalue weighted by Crippen LogP contribution is 2.23. The molecule has 0 aromatic rings. The second-order valence-corrected chi connectivity index (χ2v) is 4.13. The summed E-state index contributed by atoms with van der Waals surface area (Å²) in [5.74, 6) is -1.92. The fourth-order valence-electron chi connectivity index (χ4n) is 1.80. The van der Waals surface area contributed by atoms with Gasteiger partial charge in [-0.2, -0.15) is 13.2 Å². The van der Waals surface area contributed by atoms with Gasteiger partial charge in [-0.05, 0) is 12.8 Å². The van der Waals surface area contributed by atoms with Crippen LogP contribution < -0.4 is 0 Å². The lowest BCUT2D eigenvalue weighted by atomic mass is 9.97. The maximum Gasteiger partial charge on any atom is 0.389 e. The van der Waals surface area contributed by atoms with Gasteiger partial charge in [0.05, 0.1) is 5.92 Å². The third-order valence-corrected chi connectivity index (χ3v) is 2.74. The second-order valence-electron chi connectivity index (χ2n) is 4.13. The van der Waals surface area contributed by atoms with Crippen molar-refractivity contribution in [1.29, 1.82) is 0 Å². The minimum atomic E-state index is -4.23. The molecule has 1 aliphatic heterocycles. The van der Waals surface area contributed by atoms with Crippen molar-refractivity contribution >= 4 is 11.9 Å². The molecule has 1 aliphatic rings. The molecule has 1 amide bonds. The zero-order chi connectivity index (χ0) is 13.1. The Balaban J connectivity index is 2.40. The largest absolute Gasteiger partial charge is 0.481 e. The normalized spacial score (nSPS) is 21.7. The summed E-state index contributed by atoms with van der Waals surface area (Å²) in [4.78, 5) is 23.3. The second kappa shape index (κ2) is 5.37. The van der Waals surface area contributed by atoms with Crippen molar-refractivity contribution in [2.45, 2.75) is 31.9 Å². The number of amides is 1. The molecule has 0 saturated carbocycles. The van der Waals surface area contributed by atoms with Gasteiger partial charge in [0.1, 0.15) is 0 Å². The van der Waals surface area contributed by atoms with Crippen molar-refractivity contribution in [2.75, 3.05) is 13.1 Å². The van der Waals surface area contributed by atoms with Crippen LogP contribution >= 0.6 is 0 Å². The van der Waals surface area contributed by atoms with E-state index in [1.54, 1.807) is 0 Å². The zero-order valence-corrected chi connectivity index (χ0v) is 9.16. The summed E-state index contributed by atoms with van der Waals surface area (Å²) in [6, 6.07) is 0. The lowest BCUT2D eigenvalue weighted by Gasteiger charge is -2.30. The first-order valence-electron chi connectivity index (χ1n) is 5.37. The average Bonchev–Trinajstić information content (AvgIpc) is 2.18. The monoisotopic (exact) mass is 253 g/mol. The lowest BCUT2D eigenvalue weighted by Crippen LogP contribution is -2.43. The number of halogens is 3. The SMILES string of the molecule is O=C(O)C1CCC(=O)N(CCCC(F)(F)F)C1. The Hall–Kier alpha value is -1.27. The summed E-state index contributed by atoms with van der Waals surface area (Å²) < 4.78 is 35.7. The minimum Gasteiger partial charge on any atom is -0.481 e. The molecular weight excluding hydrogens is 239 g/mol. The summed E-state index contributed by atoms with van der Waals surface area (Å²) in [6.07, 6.45) is -4.99. The van der Waals surface area contributed by atoms with Gasteiger partial charge in [-0.25, -0.2) is 0 Å². The van der Waals surface area contributed by atoms with Crippen molar-refractivity contribution in [3.8, 4) is 0 Å². The predicted octanol–water partition coefficient (Wildman–Crippen LogP) is 1.65. The highest BCUT2D eigenvalue weighted by molar-refractivity contribution is 5.80. The molecule has 1 fully saturated rings. The van der Waals surface area contributed by atoms with Crippen LogP contribution in [0.1, 0.15) is 25.7 Å². The van der Waals surface area contributed by atoms with E-state index in [9.17, 15) is 22.8 Å². The van der Waals surface area contributed by atoms with Crippen LogP contribution in [-0.4, -0.2) is 41.1 Å². The van der Waals surface area contributed by atoms with E-state index < -0.39 is 24.5 Å². The first-order chi connectivity index (χ1) is 7.79. The summed E-state index contributed by atoms with van der Waals surface area (Å²) >= 11 is 0. The highest BCUT2D eigenvalue weighted by atomic mass is 19.4. The van der Waals surface area contributed by atoms with Gasteiger partial charge < -0.3 is 10.0 Å². The number of likely N-dealkylation sites (tertiary alicyclic amines) is 1. The van der Waals surface area contributed by atoms with Gasteiger partial charge in [0.15, 0.2) is 0 Å². The molecular formula is C10H14F3NO3. The summed E-state index contributed by atoms with van der Waals surface area (Å²) in [5, 5.41) is 8.78. The molecule has 1 rings (SSSR count). The van der Waals surface area contributed by atoms with Crippen LogP contribution in [0, 0.1) is 5.92 Å². The van der Waals surface area contributed by atoms with E-state index in [-0.39, 0.29) is 38.3 Å². The molecule has 98 valence electrons. The van der Waals surface area contributed by atoms with E-state index in [0.717, 1.165) is 0 Å². The van der Waals surface area contributed by atoms with Crippen LogP contribution in [0.15, 0.2) is 0 Å². The van der Waals surface area contributed by atoms with Crippen molar-refractivity contribution in [1.82, 2.24) is 4.90 Å². The van der Waals surface area contributed by atoms with Crippen LogP contribution in [0.2, 0.25) is 0 Å². The molecule has 0 aromatic carbocycles. The summed E-state index contributed by atoms with van der Waals surface area (Å²) in [6.45, 7) is -0.00581. The summed E-state index contributed by atoms with van der Waals surface area (Å²) in [7, 11) is 0. The molecule has 0 radical (unpaired) electrons. The Labute approximate surface area is 96.4 Å². The first-order valence-corrected chi connectivity index (χ1v) is 5.37. The number of rotatable bonds is 4. The number of aliphatic carboxylic acids is 1. The third kappa shape index (κ3) is 4.62. The van der Waals surface area contributed by atoms with Gasteiger partial charge in [-0.15, -0.1) is 0 Å². The predicted molar refractivity (Wildman–Crippen MR) is 52.2 cm³/mol. The molecule has 7 heteroatoms. The molecule has 1 N–H and O–H groups in total.